The average molecular weight is 140 g/mol. The van der Waals surface area contributed by atoms with E-state index in [1.54, 1.807) is 6.26 Å². The third-order valence-electron chi connectivity index (χ3n) is 1.15. The molecule has 0 saturated carbocycles. The number of aromatic nitrogens is 1. The van der Waals surface area contributed by atoms with Crippen molar-refractivity contribution in [3.8, 4) is 0 Å². The van der Waals surface area contributed by atoms with E-state index in [-0.39, 0.29) is 0 Å². The lowest BCUT2D eigenvalue weighted by Gasteiger charge is -1.94. The summed E-state index contributed by atoms with van der Waals surface area (Å²) in [7, 11) is 0. The van der Waals surface area contributed by atoms with Crippen LogP contribution in [0.3, 0.4) is 0 Å². The van der Waals surface area contributed by atoms with Gasteiger partial charge in [-0.15, -0.1) is 0 Å². The van der Waals surface area contributed by atoms with Crippen LogP contribution in [0.2, 0.25) is 0 Å². The fourth-order valence-corrected chi connectivity index (χ4v) is 0.667. The lowest BCUT2D eigenvalue weighted by molar-refractivity contribution is 0.569. The van der Waals surface area contributed by atoms with Crippen molar-refractivity contribution in [2.75, 3.05) is 11.9 Å². The molecule has 1 heterocycles. The Hall–Kier alpha value is -0.990. The van der Waals surface area contributed by atoms with Gasteiger partial charge >= 0.3 is 0 Å². The molecule has 10 heavy (non-hydrogen) atoms. The molecule has 3 nitrogen and oxygen atoms in total. The van der Waals surface area contributed by atoms with Crippen LogP contribution in [-0.4, -0.2) is 11.5 Å². The third-order valence-corrected chi connectivity index (χ3v) is 1.15. The zero-order valence-corrected chi connectivity index (χ0v) is 6.35. The van der Waals surface area contributed by atoms with Crippen LogP contribution in [0.5, 0.6) is 0 Å². The highest BCUT2D eigenvalue weighted by molar-refractivity contribution is 5.19. The van der Waals surface area contributed by atoms with Crippen LogP contribution in [0.25, 0.3) is 0 Å². The minimum Gasteiger partial charge on any atom is -0.432 e. The van der Waals surface area contributed by atoms with E-state index in [1.165, 1.54) is 0 Å². The Morgan fingerprint density at radius 1 is 1.70 bits per heavy atom. The van der Waals surface area contributed by atoms with Crippen LogP contribution < -0.4 is 5.32 Å². The van der Waals surface area contributed by atoms with E-state index in [0.717, 1.165) is 18.7 Å². The summed E-state index contributed by atoms with van der Waals surface area (Å²) in [5.41, 5.74) is 0.915. The maximum atomic E-state index is 5.04. The van der Waals surface area contributed by atoms with Crippen LogP contribution in [0.4, 0.5) is 6.01 Å². The first-order valence-electron chi connectivity index (χ1n) is 3.49. The number of nitrogens with zero attached hydrogens (tertiary/aromatic N) is 1. The van der Waals surface area contributed by atoms with Crippen molar-refractivity contribution in [3.05, 3.63) is 12.0 Å². The second-order valence-corrected chi connectivity index (χ2v) is 2.22. The lowest BCUT2D eigenvalue weighted by atomic mass is 10.5. The molecule has 0 spiro atoms. The van der Waals surface area contributed by atoms with Crippen molar-refractivity contribution >= 4 is 6.01 Å². The molecule has 1 N–H and O–H groups in total. The highest BCUT2D eigenvalue weighted by Crippen LogP contribution is 2.04. The van der Waals surface area contributed by atoms with Gasteiger partial charge in [-0.2, -0.15) is 4.98 Å². The van der Waals surface area contributed by atoms with Crippen LogP contribution in [0, 0.1) is 6.92 Å². The predicted octanol–water partition coefficient (Wildman–Crippen LogP) is 1.80. The molecule has 0 bridgehead atoms. The Kier molecular flexibility index (Phi) is 2.31. The number of hydrogen-bond acceptors (Lipinski definition) is 3. The van der Waals surface area contributed by atoms with Crippen molar-refractivity contribution in [2.45, 2.75) is 20.3 Å². The molecule has 0 amide bonds. The van der Waals surface area contributed by atoms with Crippen LogP contribution in [-0.2, 0) is 0 Å². The number of hydrogen-bond donors (Lipinski definition) is 1. The molecule has 0 radical (unpaired) electrons. The topological polar surface area (TPSA) is 38.1 Å². The highest BCUT2D eigenvalue weighted by atomic mass is 16.4. The standard InChI is InChI=1S/C7H12N2O/c1-3-4-8-7-9-6(2)5-10-7/h5H,3-4H2,1-2H3,(H,8,9). The van der Waals surface area contributed by atoms with Crippen molar-refractivity contribution in [3.63, 3.8) is 0 Å². The average Bonchev–Trinajstić information content (AvgIpc) is 2.31. The van der Waals surface area contributed by atoms with E-state index in [9.17, 15) is 0 Å². The van der Waals surface area contributed by atoms with Gasteiger partial charge in [0, 0.05) is 6.54 Å². The molecule has 1 aromatic rings. The minimum absolute atomic E-state index is 0.624. The SMILES string of the molecule is CCCNc1nc(C)co1. The molecule has 0 unspecified atom stereocenters. The van der Waals surface area contributed by atoms with Crippen molar-refractivity contribution in [1.82, 2.24) is 4.98 Å². The van der Waals surface area contributed by atoms with Gasteiger partial charge in [-0.25, -0.2) is 0 Å². The van der Waals surface area contributed by atoms with Gasteiger partial charge < -0.3 is 9.73 Å². The highest BCUT2D eigenvalue weighted by Gasteiger charge is 1.95. The molecule has 0 aliphatic carbocycles. The first-order valence-corrected chi connectivity index (χ1v) is 3.49. The smallest absolute Gasteiger partial charge is 0.294 e. The second-order valence-electron chi connectivity index (χ2n) is 2.22. The van der Waals surface area contributed by atoms with Gasteiger partial charge in [-0.3, -0.25) is 0 Å². The van der Waals surface area contributed by atoms with E-state index in [0.29, 0.717) is 6.01 Å². The summed E-state index contributed by atoms with van der Waals surface area (Å²) in [6, 6.07) is 0.624. The Labute approximate surface area is 60.5 Å². The Morgan fingerprint density at radius 2 is 2.50 bits per heavy atom. The largest absolute Gasteiger partial charge is 0.432 e. The van der Waals surface area contributed by atoms with Gasteiger partial charge in [0.2, 0.25) is 0 Å². The molecule has 0 aliphatic rings. The van der Waals surface area contributed by atoms with Crippen LogP contribution in [0.15, 0.2) is 10.7 Å². The number of aryl methyl sites for hydroxylation is 1. The van der Waals surface area contributed by atoms with Gasteiger partial charge in [-0.05, 0) is 13.3 Å². The maximum absolute atomic E-state index is 5.04. The molecule has 1 rings (SSSR count). The minimum atomic E-state index is 0.624. The van der Waals surface area contributed by atoms with Gasteiger partial charge in [0.05, 0.1) is 5.69 Å². The Bertz CT molecular complexity index is 195. The third kappa shape index (κ3) is 1.76. The number of anilines is 1. The van der Waals surface area contributed by atoms with Crippen molar-refractivity contribution < 1.29 is 4.42 Å². The van der Waals surface area contributed by atoms with E-state index in [1.807, 2.05) is 6.92 Å². The van der Waals surface area contributed by atoms with Crippen molar-refractivity contribution in [2.24, 2.45) is 0 Å². The van der Waals surface area contributed by atoms with E-state index in [2.05, 4.69) is 17.2 Å². The summed E-state index contributed by atoms with van der Waals surface area (Å²) < 4.78 is 5.04. The summed E-state index contributed by atoms with van der Waals surface area (Å²) >= 11 is 0. The molecular formula is C7H12N2O. The predicted molar refractivity (Wildman–Crippen MR) is 40.0 cm³/mol. The fourth-order valence-electron chi connectivity index (χ4n) is 0.667. The fraction of sp³-hybridized carbons (Fsp3) is 0.571. The number of nitrogens with one attached hydrogen (secondary N) is 1. The molecule has 0 atom stereocenters. The van der Waals surface area contributed by atoms with Gasteiger partial charge in [0.15, 0.2) is 0 Å². The summed E-state index contributed by atoms with van der Waals surface area (Å²) in [5.74, 6) is 0. The Balaban J connectivity index is 2.42. The molecular weight excluding hydrogens is 128 g/mol. The number of oxazole rings is 1. The summed E-state index contributed by atoms with van der Waals surface area (Å²) in [6.45, 7) is 4.92. The summed E-state index contributed by atoms with van der Waals surface area (Å²) in [6.07, 6.45) is 2.72. The van der Waals surface area contributed by atoms with Crippen LogP contribution in [0.1, 0.15) is 19.0 Å². The first kappa shape index (κ1) is 7.12. The summed E-state index contributed by atoms with van der Waals surface area (Å²) in [4.78, 5) is 4.07. The van der Waals surface area contributed by atoms with E-state index >= 15 is 0 Å². The molecule has 0 saturated heterocycles. The zero-order valence-electron chi connectivity index (χ0n) is 6.35. The van der Waals surface area contributed by atoms with E-state index < -0.39 is 0 Å². The monoisotopic (exact) mass is 140 g/mol. The molecule has 56 valence electrons. The van der Waals surface area contributed by atoms with Gasteiger partial charge in [0.1, 0.15) is 6.26 Å². The normalized spacial score (nSPS) is 9.80. The molecule has 0 aliphatic heterocycles. The molecule has 0 fully saturated rings. The lowest BCUT2D eigenvalue weighted by Crippen LogP contribution is -1.99. The van der Waals surface area contributed by atoms with E-state index in [4.69, 9.17) is 4.42 Å². The maximum Gasteiger partial charge on any atom is 0.294 e. The second kappa shape index (κ2) is 3.25. The molecule has 3 heteroatoms. The Morgan fingerprint density at radius 3 is 3.00 bits per heavy atom. The molecule has 1 aromatic heterocycles. The summed E-state index contributed by atoms with van der Waals surface area (Å²) in [5, 5.41) is 3.04. The number of rotatable bonds is 3. The first-order chi connectivity index (χ1) is 4.83. The quantitative estimate of drug-likeness (QED) is 0.695. The van der Waals surface area contributed by atoms with Gasteiger partial charge in [0.25, 0.3) is 6.01 Å². The van der Waals surface area contributed by atoms with Gasteiger partial charge in [-0.1, -0.05) is 6.92 Å². The van der Waals surface area contributed by atoms with Crippen LogP contribution >= 0.6 is 0 Å². The molecule has 0 aromatic carbocycles. The zero-order chi connectivity index (χ0) is 7.40. The van der Waals surface area contributed by atoms with Crippen molar-refractivity contribution in [1.29, 1.82) is 0 Å².